The van der Waals surface area contributed by atoms with Crippen molar-refractivity contribution in [3.8, 4) is 11.5 Å². The average molecular weight is 491 g/mol. The monoisotopic (exact) mass is 490 g/mol. The molecule has 5 rings (SSSR count). The van der Waals surface area contributed by atoms with Gasteiger partial charge in [-0.1, -0.05) is 41.7 Å². The first-order valence-electron chi connectivity index (χ1n) is 10.6. The smallest absolute Gasteiger partial charge is 0.301 e. The molecule has 7 nitrogen and oxygen atoms in total. The molecule has 1 atom stereocenters. The van der Waals surface area contributed by atoms with E-state index in [4.69, 9.17) is 9.47 Å². The molecule has 1 saturated heterocycles. The molecule has 35 heavy (non-hydrogen) atoms. The maximum atomic E-state index is 13.8. The van der Waals surface area contributed by atoms with Crippen LogP contribution in [0.4, 0.5) is 9.52 Å². The molecule has 0 aliphatic carbocycles. The zero-order chi connectivity index (χ0) is 24.7. The first-order valence-corrected chi connectivity index (χ1v) is 11.4. The fraction of sp³-hybridized carbons (Fsp3) is 0.115. The van der Waals surface area contributed by atoms with Gasteiger partial charge in [0.2, 0.25) is 0 Å². The van der Waals surface area contributed by atoms with Gasteiger partial charge in [0.1, 0.15) is 29.1 Å². The molecule has 0 bridgehead atoms. The Hall–Kier alpha value is -4.24. The van der Waals surface area contributed by atoms with Crippen molar-refractivity contribution in [2.75, 3.05) is 19.1 Å². The third-order valence-corrected chi connectivity index (χ3v) is 6.79. The summed E-state index contributed by atoms with van der Waals surface area (Å²) in [5.41, 5.74) is 1.17. The second-order valence-corrected chi connectivity index (χ2v) is 8.76. The molecule has 1 amide bonds. The fourth-order valence-corrected chi connectivity index (χ4v) is 5.14. The summed E-state index contributed by atoms with van der Waals surface area (Å²) in [7, 11) is 2.96. The fourth-order valence-electron chi connectivity index (χ4n) is 4.12. The van der Waals surface area contributed by atoms with Crippen LogP contribution >= 0.6 is 11.3 Å². The van der Waals surface area contributed by atoms with Crippen molar-refractivity contribution in [3.05, 3.63) is 89.2 Å². The molecule has 176 valence electrons. The number of ether oxygens (including phenoxy) is 2. The lowest BCUT2D eigenvalue weighted by atomic mass is 9.94. The van der Waals surface area contributed by atoms with Gasteiger partial charge in [0.15, 0.2) is 5.13 Å². The lowest BCUT2D eigenvalue weighted by molar-refractivity contribution is -0.132. The van der Waals surface area contributed by atoms with Crippen molar-refractivity contribution in [2.24, 2.45) is 0 Å². The topological polar surface area (TPSA) is 89.0 Å². The van der Waals surface area contributed by atoms with Crippen LogP contribution in [-0.4, -0.2) is 36.0 Å². The van der Waals surface area contributed by atoms with Gasteiger partial charge >= 0.3 is 5.91 Å². The lowest BCUT2D eigenvalue weighted by Gasteiger charge is -2.25. The molecular weight excluding hydrogens is 471 g/mol. The maximum absolute atomic E-state index is 13.8. The van der Waals surface area contributed by atoms with E-state index in [-0.39, 0.29) is 16.5 Å². The summed E-state index contributed by atoms with van der Waals surface area (Å²) in [6.07, 6.45) is 0. The van der Waals surface area contributed by atoms with Crippen molar-refractivity contribution < 1.29 is 28.6 Å². The number of nitrogens with zero attached hydrogens (tertiary/aromatic N) is 2. The molecule has 9 heteroatoms. The number of halogens is 1. The van der Waals surface area contributed by atoms with E-state index >= 15 is 0 Å². The van der Waals surface area contributed by atoms with Crippen LogP contribution in [0.2, 0.25) is 0 Å². The summed E-state index contributed by atoms with van der Waals surface area (Å²) in [5.74, 6) is -1.65. The number of anilines is 1. The van der Waals surface area contributed by atoms with Gasteiger partial charge in [-0.2, -0.15) is 0 Å². The minimum absolute atomic E-state index is 0.113. The second kappa shape index (κ2) is 8.84. The number of ketones is 1. The van der Waals surface area contributed by atoms with Crippen LogP contribution in [0.15, 0.2) is 72.3 Å². The summed E-state index contributed by atoms with van der Waals surface area (Å²) >= 11 is 1.07. The van der Waals surface area contributed by atoms with Crippen molar-refractivity contribution in [2.45, 2.75) is 6.04 Å². The van der Waals surface area contributed by atoms with E-state index in [9.17, 15) is 19.1 Å². The molecule has 0 unspecified atom stereocenters. The van der Waals surface area contributed by atoms with Gasteiger partial charge in [0.25, 0.3) is 5.78 Å². The van der Waals surface area contributed by atoms with Gasteiger partial charge in [-0.15, -0.1) is 0 Å². The molecular formula is C26H19FN2O5S. The van der Waals surface area contributed by atoms with Crippen LogP contribution in [0.25, 0.3) is 16.0 Å². The third-order valence-electron chi connectivity index (χ3n) is 5.77. The third kappa shape index (κ3) is 3.79. The summed E-state index contributed by atoms with van der Waals surface area (Å²) in [6.45, 7) is 0. The predicted octanol–water partition coefficient (Wildman–Crippen LogP) is 5.08. The van der Waals surface area contributed by atoms with Gasteiger partial charge in [-0.25, -0.2) is 9.37 Å². The highest BCUT2D eigenvalue weighted by Gasteiger charge is 2.49. The Morgan fingerprint density at radius 3 is 2.51 bits per heavy atom. The van der Waals surface area contributed by atoms with Gasteiger partial charge in [-0.05, 0) is 36.4 Å². The van der Waals surface area contributed by atoms with Crippen molar-refractivity contribution in [3.63, 3.8) is 0 Å². The van der Waals surface area contributed by atoms with E-state index in [1.54, 1.807) is 48.5 Å². The number of Topliss-reactive ketones (excluding diaryl/α,β-unsaturated/α-hetero) is 1. The van der Waals surface area contributed by atoms with Gasteiger partial charge in [0.05, 0.1) is 30.0 Å². The SMILES string of the molecule is COc1ccc(OC)c([C@@H]2C(=C(O)c3ccccc3)C(=O)C(=O)N2c2nc3ccc(F)cc3s2)c1. The van der Waals surface area contributed by atoms with Crippen LogP contribution in [0, 0.1) is 5.82 Å². The van der Waals surface area contributed by atoms with Crippen molar-refractivity contribution >= 4 is 44.1 Å². The summed E-state index contributed by atoms with van der Waals surface area (Å²) in [4.78, 5) is 32.4. The number of carbonyl (C=O) groups is 2. The number of methoxy groups -OCH3 is 2. The minimum Gasteiger partial charge on any atom is -0.507 e. The standard InChI is InChI=1S/C26H19FN2O5S/c1-33-16-9-11-19(34-2)17(13-16)22-21(23(30)14-6-4-3-5-7-14)24(31)25(32)29(22)26-28-18-10-8-15(27)12-20(18)35-26/h3-13,22,30H,1-2H3/t22-/m1/s1. The number of aromatic nitrogens is 1. The zero-order valence-electron chi connectivity index (χ0n) is 18.7. The maximum Gasteiger partial charge on any atom is 0.301 e. The van der Waals surface area contributed by atoms with E-state index in [2.05, 4.69) is 4.98 Å². The number of benzene rings is 3. The normalized spacial score (nSPS) is 17.2. The molecule has 4 aromatic rings. The van der Waals surface area contributed by atoms with Crippen molar-refractivity contribution in [1.29, 1.82) is 0 Å². The number of hydrogen-bond donors (Lipinski definition) is 1. The average Bonchev–Trinajstić information content (AvgIpc) is 3.41. The van der Waals surface area contributed by atoms with E-state index in [1.165, 1.54) is 37.3 Å². The number of rotatable bonds is 5. The number of amides is 1. The highest BCUT2D eigenvalue weighted by molar-refractivity contribution is 7.22. The minimum atomic E-state index is -1.06. The molecule has 1 aliphatic heterocycles. The molecule has 3 aromatic carbocycles. The van der Waals surface area contributed by atoms with Crippen LogP contribution < -0.4 is 14.4 Å². The Labute approximate surface area is 203 Å². The second-order valence-electron chi connectivity index (χ2n) is 7.75. The van der Waals surface area contributed by atoms with E-state index in [1.807, 2.05) is 0 Å². The predicted molar refractivity (Wildman–Crippen MR) is 130 cm³/mol. The molecule has 1 fully saturated rings. The Kier molecular flexibility index (Phi) is 5.70. The number of fused-ring (bicyclic) bond motifs is 1. The zero-order valence-corrected chi connectivity index (χ0v) is 19.5. The highest BCUT2D eigenvalue weighted by Crippen LogP contribution is 2.47. The largest absolute Gasteiger partial charge is 0.507 e. The Bertz CT molecular complexity index is 1500. The van der Waals surface area contributed by atoms with Crippen LogP contribution in [0.1, 0.15) is 17.2 Å². The van der Waals surface area contributed by atoms with Gasteiger partial charge in [0, 0.05) is 11.1 Å². The Morgan fingerprint density at radius 1 is 1.03 bits per heavy atom. The number of carbonyl (C=O) groups excluding carboxylic acids is 2. The van der Waals surface area contributed by atoms with Crippen LogP contribution in [-0.2, 0) is 9.59 Å². The number of aliphatic hydroxyl groups excluding tert-OH is 1. The lowest BCUT2D eigenvalue weighted by Crippen LogP contribution is -2.29. The number of aliphatic hydroxyl groups is 1. The van der Waals surface area contributed by atoms with Crippen LogP contribution in [0.3, 0.4) is 0 Å². The number of thiazole rings is 1. The van der Waals surface area contributed by atoms with Gasteiger partial charge in [-0.3, -0.25) is 14.5 Å². The van der Waals surface area contributed by atoms with Crippen LogP contribution in [0.5, 0.6) is 11.5 Å². The summed E-state index contributed by atoms with van der Waals surface area (Å²) in [5, 5.41) is 11.4. The Balaban J connectivity index is 1.79. The highest BCUT2D eigenvalue weighted by atomic mass is 32.1. The van der Waals surface area contributed by atoms with Crippen molar-refractivity contribution in [1.82, 2.24) is 4.98 Å². The van der Waals surface area contributed by atoms with Gasteiger partial charge < -0.3 is 14.6 Å². The Morgan fingerprint density at radius 2 is 1.80 bits per heavy atom. The molecule has 1 aliphatic rings. The molecule has 1 N–H and O–H groups in total. The molecule has 0 spiro atoms. The first kappa shape index (κ1) is 22.5. The molecule has 0 saturated carbocycles. The molecule has 1 aromatic heterocycles. The summed E-state index contributed by atoms with van der Waals surface area (Å²) < 4.78 is 25.2. The van der Waals surface area contributed by atoms with E-state index in [0.29, 0.717) is 32.8 Å². The first-order chi connectivity index (χ1) is 16.9. The molecule has 2 heterocycles. The molecule has 0 radical (unpaired) electrons. The number of hydrogen-bond acceptors (Lipinski definition) is 7. The quantitative estimate of drug-likeness (QED) is 0.239. The van der Waals surface area contributed by atoms with E-state index < -0.39 is 23.5 Å². The van der Waals surface area contributed by atoms with E-state index in [0.717, 1.165) is 11.3 Å². The summed E-state index contributed by atoms with van der Waals surface area (Å²) in [6, 6.07) is 16.5.